The zero-order valence-electron chi connectivity index (χ0n) is 20.2. The molecule has 190 valence electrons. The van der Waals surface area contributed by atoms with Gasteiger partial charge >= 0.3 is 0 Å². The van der Waals surface area contributed by atoms with Crippen molar-refractivity contribution in [3.63, 3.8) is 0 Å². The quantitative estimate of drug-likeness (QED) is 0.264. The zero-order valence-corrected chi connectivity index (χ0v) is 22.6. The molecule has 4 aromatic rings. The Morgan fingerprint density at radius 3 is 1.65 bits per heavy atom. The van der Waals surface area contributed by atoms with E-state index in [4.69, 9.17) is 11.6 Å². The number of sulfonamides is 2. The molecule has 4 rings (SSSR count). The van der Waals surface area contributed by atoms with Crippen molar-refractivity contribution in [2.45, 2.75) is 23.6 Å². The molecule has 37 heavy (non-hydrogen) atoms. The standard InChI is InChI=1S/C14H12ClNO2S.C14H13NO2S/c1-11-4-2-3-5-14(11)19(17,18)16-10-12-6-8-13(15)9-7-12;1-12-7-9-13(10-8-12)11-15-18(16,17)14-5-3-2-4-6-14/h2-10H,1H3;2-11H,1H3. The fourth-order valence-corrected chi connectivity index (χ4v) is 5.13. The van der Waals surface area contributed by atoms with Gasteiger partial charge in [-0.2, -0.15) is 25.6 Å². The summed E-state index contributed by atoms with van der Waals surface area (Å²) < 4.78 is 55.3. The van der Waals surface area contributed by atoms with Crippen LogP contribution in [-0.2, 0) is 20.0 Å². The number of nitrogens with zero attached hydrogens (tertiary/aromatic N) is 2. The van der Waals surface area contributed by atoms with Gasteiger partial charge in [-0.15, -0.1) is 0 Å². The Balaban J connectivity index is 0.000000206. The Morgan fingerprint density at radius 1 is 0.595 bits per heavy atom. The van der Waals surface area contributed by atoms with Crippen LogP contribution in [0.15, 0.2) is 122 Å². The average molecular weight is 553 g/mol. The smallest absolute Gasteiger partial charge is 0.199 e. The fourth-order valence-electron chi connectivity index (χ4n) is 3.02. The zero-order chi connectivity index (χ0) is 26.9. The number of benzene rings is 4. The first-order chi connectivity index (χ1) is 17.6. The fraction of sp³-hybridized carbons (Fsp3) is 0.0714. The SMILES string of the molecule is Cc1ccc(C=NS(=O)(=O)c2ccccc2)cc1.Cc1ccccc1S(=O)(=O)N=Cc1ccc(Cl)cc1. The van der Waals surface area contributed by atoms with Crippen molar-refractivity contribution in [2.75, 3.05) is 0 Å². The highest BCUT2D eigenvalue weighted by Gasteiger charge is 2.13. The summed E-state index contributed by atoms with van der Waals surface area (Å²) in [6.45, 7) is 3.71. The van der Waals surface area contributed by atoms with Gasteiger partial charge in [-0.1, -0.05) is 90.0 Å². The predicted molar refractivity (Wildman–Crippen MR) is 150 cm³/mol. The first-order valence-corrected chi connectivity index (χ1v) is 14.4. The minimum atomic E-state index is -3.66. The van der Waals surface area contributed by atoms with Crippen LogP contribution < -0.4 is 0 Å². The summed E-state index contributed by atoms with van der Waals surface area (Å²) in [5, 5.41) is 0.596. The molecule has 0 aliphatic heterocycles. The number of aryl methyl sites for hydroxylation is 2. The van der Waals surface area contributed by atoms with Crippen molar-refractivity contribution in [3.05, 3.63) is 130 Å². The van der Waals surface area contributed by atoms with E-state index >= 15 is 0 Å². The molecule has 0 bridgehead atoms. The lowest BCUT2D eigenvalue weighted by Crippen LogP contribution is -2.00. The highest BCUT2D eigenvalue weighted by atomic mass is 35.5. The lowest BCUT2D eigenvalue weighted by Gasteiger charge is -2.02. The van der Waals surface area contributed by atoms with E-state index in [0.29, 0.717) is 16.1 Å². The summed E-state index contributed by atoms with van der Waals surface area (Å²) in [5.41, 5.74) is 3.25. The Morgan fingerprint density at radius 2 is 1.08 bits per heavy atom. The molecule has 0 radical (unpaired) electrons. The second-order valence-corrected chi connectivity index (χ2v) is 11.6. The lowest BCUT2D eigenvalue weighted by atomic mass is 10.2. The van der Waals surface area contributed by atoms with Gasteiger partial charge in [0.15, 0.2) is 0 Å². The molecule has 4 aromatic carbocycles. The maximum atomic E-state index is 12.1. The molecule has 0 spiro atoms. The van der Waals surface area contributed by atoms with Crippen LogP contribution in [0, 0.1) is 13.8 Å². The van der Waals surface area contributed by atoms with Crippen LogP contribution in [0.2, 0.25) is 5.02 Å². The molecule has 0 unspecified atom stereocenters. The molecule has 6 nitrogen and oxygen atoms in total. The van der Waals surface area contributed by atoms with Gasteiger partial charge in [-0.05, 0) is 60.9 Å². The highest BCUT2D eigenvalue weighted by molar-refractivity contribution is 7.90. The predicted octanol–water partition coefficient (Wildman–Crippen LogP) is 6.26. The molecule has 0 aliphatic carbocycles. The van der Waals surface area contributed by atoms with E-state index in [0.717, 1.165) is 11.1 Å². The van der Waals surface area contributed by atoms with E-state index in [1.807, 2.05) is 31.2 Å². The van der Waals surface area contributed by atoms with Gasteiger partial charge in [-0.25, -0.2) is 0 Å². The normalized spacial score (nSPS) is 11.9. The Bertz CT molecular complexity index is 1600. The molecule has 0 saturated carbocycles. The molecule has 0 saturated heterocycles. The summed E-state index contributed by atoms with van der Waals surface area (Å²) in [5.74, 6) is 0. The minimum Gasteiger partial charge on any atom is -0.199 e. The molecule has 0 fully saturated rings. The van der Waals surface area contributed by atoms with Gasteiger partial charge in [0.05, 0.1) is 9.79 Å². The van der Waals surface area contributed by atoms with Gasteiger partial charge in [-0.3, -0.25) is 0 Å². The molecule has 0 aromatic heterocycles. The third-order valence-corrected chi connectivity index (χ3v) is 7.94. The van der Waals surface area contributed by atoms with E-state index in [9.17, 15) is 16.8 Å². The van der Waals surface area contributed by atoms with Crippen molar-refractivity contribution < 1.29 is 16.8 Å². The third kappa shape index (κ3) is 8.49. The van der Waals surface area contributed by atoms with Crippen molar-refractivity contribution in [1.82, 2.24) is 0 Å². The first-order valence-electron chi connectivity index (χ1n) is 11.1. The van der Waals surface area contributed by atoms with Crippen LogP contribution in [0.4, 0.5) is 0 Å². The van der Waals surface area contributed by atoms with Gasteiger partial charge in [0.1, 0.15) is 0 Å². The number of hydrogen-bond donors (Lipinski definition) is 0. The largest absolute Gasteiger partial charge is 0.282 e. The maximum Gasteiger partial charge on any atom is 0.282 e. The number of rotatable bonds is 6. The molecule has 0 amide bonds. The van der Waals surface area contributed by atoms with Crippen LogP contribution in [-0.4, -0.2) is 29.3 Å². The molecule has 0 atom stereocenters. The number of hydrogen-bond acceptors (Lipinski definition) is 4. The van der Waals surface area contributed by atoms with Crippen LogP contribution in [0.5, 0.6) is 0 Å². The molecular weight excluding hydrogens is 528 g/mol. The molecule has 0 N–H and O–H groups in total. The molecule has 9 heteroatoms. The number of halogens is 1. The van der Waals surface area contributed by atoms with Crippen molar-refractivity contribution in [3.8, 4) is 0 Å². The molecule has 0 aliphatic rings. The second-order valence-electron chi connectivity index (χ2n) is 7.96. The van der Waals surface area contributed by atoms with Crippen molar-refractivity contribution in [1.29, 1.82) is 0 Å². The van der Waals surface area contributed by atoms with E-state index in [2.05, 4.69) is 8.80 Å². The van der Waals surface area contributed by atoms with Crippen LogP contribution in [0.25, 0.3) is 0 Å². The topological polar surface area (TPSA) is 93.0 Å². The lowest BCUT2D eigenvalue weighted by molar-refractivity contribution is 0.596. The van der Waals surface area contributed by atoms with E-state index in [1.165, 1.54) is 24.6 Å². The summed E-state index contributed by atoms with van der Waals surface area (Å²) in [6.07, 6.45) is 2.68. The van der Waals surface area contributed by atoms with Crippen LogP contribution in [0.1, 0.15) is 22.3 Å². The minimum absolute atomic E-state index is 0.202. The van der Waals surface area contributed by atoms with E-state index in [-0.39, 0.29) is 9.79 Å². The average Bonchev–Trinajstić information content (AvgIpc) is 2.89. The Hall–Kier alpha value is -3.59. The van der Waals surface area contributed by atoms with Gasteiger partial charge < -0.3 is 0 Å². The Kier molecular flexibility index (Phi) is 9.52. The first kappa shape index (κ1) is 28.0. The van der Waals surface area contributed by atoms with Crippen LogP contribution >= 0.6 is 11.6 Å². The van der Waals surface area contributed by atoms with Gasteiger partial charge in [0.25, 0.3) is 20.0 Å². The Labute approximate surface area is 223 Å². The summed E-state index contributed by atoms with van der Waals surface area (Å²) >= 11 is 5.76. The molecule has 0 heterocycles. The monoisotopic (exact) mass is 552 g/mol. The highest BCUT2D eigenvalue weighted by Crippen LogP contribution is 2.17. The maximum absolute atomic E-state index is 12.1. The van der Waals surface area contributed by atoms with E-state index in [1.54, 1.807) is 73.7 Å². The summed E-state index contributed by atoms with van der Waals surface area (Å²) in [7, 11) is -7.26. The van der Waals surface area contributed by atoms with Crippen molar-refractivity contribution >= 4 is 44.1 Å². The molecular formula is C28H25ClN2O4S2. The second kappa shape index (κ2) is 12.6. The third-order valence-electron chi connectivity index (χ3n) is 5.04. The summed E-state index contributed by atoms with van der Waals surface area (Å²) in [4.78, 5) is 0.425. The van der Waals surface area contributed by atoms with E-state index < -0.39 is 20.0 Å². The van der Waals surface area contributed by atoms with Gasteiger partial charge in [0, 0.05) is 17.5 Å². The summed E-state index contributed by atoms with van der Waals surface area (Å²) in [6, 6.07) is 29.2. The van der Waals surface area contributed by atoms with Crippen LogP contribution in [0.3, 0.4) is 0 Å². The van der Waals surface area contributed by atoms with Gasteiger partial charge in [0.2, 0.25) is 0 Å². The van der Waals surface area contributed by atoms with Crippen molar-refractivity contribution in [2.24, 2.45) is 8.80 Å².